The molecule has 0 radical (unpaired) electrons. The molecule has 2 heterocycles. The third-order valence-electron chi connectivity index (χ3n) is 3.25. The molecule has 90 valence electrons. The lowest BCUT2D eigenvalue weighted by molar-refractivity contribution is -0.263. The number of benzene rings is 1. The van der Waals surface area contributed by atoms with Gasteiger partial charge in [0.1, 0.15) is 12.2 Å². The summed E-state index contributed by atoms with van der Waals surface area (Å²) in [5.41, 5.74) is 2.16. The van der Waals surface area contributed by atoms with E-state index < -0.39 is 0 Å². The van der Waals surface area contributed by atoms with Crippen molar-refractivity contribution in [2.24, 2.45) is 0 Å². The smallest absolute Gasteiger partial charge is 0.184 e. The maximum Gasteiger partial charge on any atom is 0.184 e. The van der Waals surface area contributed by atoms with E-state index in [0.717, 1.165) is 24.2 Å². The quantitative estimate of drug-likeness (QED) is 0.696. The average Bonchev–Trinajstić information content (AvgIpc) is 2.40. The largest absolute Gasteiger partial charge is 0.372 e. The van der Waals surface area contributed by atoms with Crippen molar-refractivity contribution in [2.75, 3.05) is 13.2 Å². The SMILES string of the molecule is C=C1CCO[C@@H]2COC(c3ccccc3)O[C@@H]12. The highest BCUT2D eigenvalue weighted by molar-refractivity contribution is 5.18. The molecule has 1 unspecified atom stereocenters. The summed E-state index contributed by atoms with van der Waals surface area (Å²) in [6.45, 7) is 5.36. The Morgan fingerprint density at radius 2 is 1.94 bits per heavy atom. The summed E-state index contributed by atoms with van der Waals surface area (Å²) in [7, 11) is 0. The highest BCUT2D eigenvalue weighted by atomic mass is 16.7. The molecule has 3 nitrogen and oxygen atoms in total. The van der Waals surface area contributed by atoms with Crippen LogP contribution in [0.25, 0.3) is 0 Å². The van der Waals surface area contributed by atoms with Crippen molar-refractivity contribution in [3.05, 3.63) is 48.0 Å². The molecule has 1 aromatic rings. The van der Waals surface area contributed by atoms with E-state index in [1.54, 1.807) is 0 Å². The lowest BCUT2D eigenvalue weighted by atomic mass is 9.99. The lowest BCUT2D eigenvalue weighted by Crippen LogP contribution is -2.46. The minimum atomic E-state index is -0.295. The predicted molar refractivity (Wildman–Crippen MR) is 63.5 cm³/mol. The Labute approximate surface area is 101 Å². The summed E-state index contributed by atoms with van der Waals surface area (Å²) in [5, 5.41) is 0. The number of hydrogen-bond donors (Lipinski definition) is 0. The molecule has 0 saturated carbocycles. The van der Waals surface area contributed by atoms with Crippen molar-refractivity contribution in [2.45, 2.75) is 24.9 Å². The molecule has 1 aromatic carbocycles. The molecule has 0 spiro atoms. The van der Waals surface area contributed by atoms with Crippen LogP contribution in [0.3, 0.4) is 0 Å². The van der Waals surface area contributed by atoms with Crippen molar-refractivity contribution < 1.29 is 14.2 Å². The van der Waals surface area contributed by atoms with Crippen LogP contribution < -0.4 is 0 Å². The first kappa shape index (κ1) is 11.0. The van der Waals surface area contributed by atoms with Gasteiger partial charge in [-0.2, -0.15) is 0 Å². The van der Waals surface area contributed by atoms with Gasteiger partial charge in [-0.05, 0) is 12.0 Å². The summed E-state index contributed by atoms with van der Waals surface area (Å²) < 4.78 is 17.3. The number of fused-ring (bicyclic) bond motifs is 1. The first-order valence-electron chi connectivity index (χ1n) is 5.96. The normalized spacial score (nSPS) is 33.2. The molecule has 17 heavy (non-hydrogen) atoms. The summed E-state index contributed by atoms with van der Waals surface area (Å²) >= 11 is 0. The molecule has 3 heteroatoms. The van der Waals surface area contributed by atoms with Gasteiger partial charge in [0.15, 0.2) is 6.29 Å². The van der Waals surface area contributed by atoms with Crippen LogP contribution in [-0.2, 0) is 14.2 Å². The van der Waals surface area contributed by atoms with Gasteiger partial charge in [0.05, 0.1) is 13.2 Å². The first-order chi connectivity index (χ1) is 8.34. The van der Waals surface area contributed by atoms with E-state index in [9.17, 15) is 0 Å². The zero-order chi connectivity index (χ0) is 11.7. The van der Waals surface area contributed by atoms with Crippen LogP contribution in [0.5, 0.6) is 0 Å². The van der Waals surface area contributed by atoms with Crippen LogP contribution in [0, 0.1) is 0 Å². The van der Waals surface area contributed by atoms with E-state index in [4.69, 9.17) is 14.2 Å². The molecule has 2 aliphatic heterocycles. The lowest BCUT2D eigenvalue weighted by Gasteiger charge is -2.40. The zero-order valence-electron chi connectivity index (χ0n) is 9.67. The van der Waals surface area contributed by atoms with E-state index in [1.165, 1.54) is 0 Å². The van der Waals surface area contributed by atoms with Crippen molar-refractivity contribution in [3.63, 3.8) is 0 Å². The monoisotopic (exact) mass is 232 g/mol. The number of ether oxygens (including phenoxy) is 3. The molecule has 0 amide bonds. The fraction of sp³-hybridized carbons (Fsp3) is 0.429. The Morgan fingerprint density at radius 1 is 1.12 bits per heavy atom. The van der Waals surface area contributed by atoms with Crippen LogP contribution in [-0.4, -0.2) is 25.4 Å². The average molecular weight is 232 g/mol. The van der Waals surface area contributed by atoms with Crippen molar-refractivity contribution in [1.82, 2.24) is 0 Å². The summed E-state index contributed by atoms with van der Waals surface area (Å²) in [6, 6.07) is 9.98. The minimum absolute atomic E-state index is 0.0104. The van der Waals surface area contributed by atoms with Gasteiger partial charge in [-0.25, -0.2) is 0 Å². The Hall–Kier alpha value is -1.16. The van der Waals surface area contributed by atoms with Crippen molar-refractivity contribution in [1.29, 1.82) is 0 Å². The maximum absolute atomic E-state index is 5.94. The van der Waals surface area contributed by atoms with E-state index >= 15 is 0 Å². The van der Waals surface area contributed by atoms with Crippen LogP contribution in [0.15, 0.2) is 42.5 Å². The fourth-order valence-electron chi connectivity index (χ4n) is 2.29. The molecular formula is C14H16O3. The summed E-state index contributed by atoms with van der Waals surface area (Å²) in [4.78, 5) is 0. The highest BCUT2D eigenvalue weighted by Gasteiger charge is 2.37. The van der Waals surface area contributed by atoms with Gasteiger partial charge < -0.3 is 14.2 Å². The van der Waals surface area contributed by atoms with Crippen molar-refractivity contribution in [3.8, 4) is 0 Å². The van der Waals surface area contributed by atoms with E-state index in [2.05, 4.69) is 6.58 Å². The van der Waals surface area contributed by atoms with Gasteiger partial charge in [0.2, 0.25) is 0 Å². The second kappa shape index (κ2) is 4.61. The summed E-state index contributed by atoms with van der Waals surface area (Å²) in [6.07, 6.45) is 0.567. The topological polar surface area (TPSA) is 27.7 Å². The zero-order valence-corrected chi connectivity index (χ0v) is 9.67. The third kappa shape index (κ3) is 2.14. The van der Waals surface area contributed by atoms with Crippen LogP contribution in [0.4, 0.5) is 0 Å². The number of rotatable bonds is 1. The Kier molecular flexibility index (Phi) is 2.97. The van der Waals surface area contributed by atoms with Crippen LogP contribution >= 0.6 is 0 Å². The molecule has 3 atom stereocenters. The summed E-state index contributed by atoms with van der Waals surface area (Å²) in [5.74, 6) is 0. The van der Waals surface area contributed by atoms with Crippen LogP contribution in [0.2, 0.25) is 0 Å². The molecule has 2 fully saturated rings. The Balaban J connectivity index is 1.76. The first-order valence-corrected chi connectivity index (χ1v) is 5.96. The second-order valence-corrected chi connectivity index (χ2v) is 4.45. The molecule has 2 saturated heterocycles. The molecule has 0 bridgehead atoms. The van der Waals surface area contributed by atoms with Gasteiger partial charge in [0, 0.05) is 5.56 Å². The maximum atomic E-state index is 5.94. The second-order valence-electron chi connectivity index (χ2n) is 4.45. The van der Waals surface area contributed by atoms with E-state index in [1.807, 2.05) is 30.3 Å². The molecule has 3 rings (SSSR count). The highest BCUT2D eigenvalue weighted by Crippen LogP contribution is 2.33. The molecule has 2 aliphatic rings. The molecule has 0 aromatic heterocycles. The fourth-order valence-corrected chi connectivity index (χ4v) is 2.29. The predicted octanol–water partition coefficient (Wildman–Crippen LogP) is 2.45. The van der Waals surface area contributed by atoms with E-state index in [-0.39, 0.29) is 18.5 Å². The standard InChI is InChI=1S/C14H16O3/c1-10-7-8-15-12-9-16-14(17-13(10)12)11-5-3-2-4-6-11/h2-6,12-14H,1,7-9H2/t12-,13+,14?/m1/s1. The minimum Gasteiger partial charge on any atom is -0.372 e. The van der Waals surface area contributed by atoms with E-state index in [0.29, 0.717) is 6.61 Å². The van der Waals surface area contributed by atoms with Crippen LogP contribution in [0.1, 0.15) is 18.3 Å². The molecular weight excluding hydrogens is 216 g/mol. The van der Waals surface area contributed by atoms with Gasteiger partial charge in [-0.3, -0.25) is 0 Å². The number of hydrogen-bond acceptors (Lipinski definition) is 3. The van der Waals surface area contributed by atoms with Crippen molar-refractivity contribution >= 4 is 0 Å². The molecule has 0 aliphatic carbocycles. The third-order valence-corrected chi connectivity index (χ3v) is 3.25. The molecule has 0 N–H and O–H groups in total. The van der Waals surface area contributed by atoms with Gasteiger partial charge in [-0.15, -0.1) is 0 Å². The Bertz CT molecular complexity index is 401. The van der Waals surface area contributed by atoms with Gasteiger partial charge in [0.25, 0.3) is 0 Å². The van der Waals surface area contributed by atoms with Gasteiger partial charge in [-0.1, -0.05) is 36.9 Å². The Morgan fingerprint density at radius 3 is 2.76 bits per heavy atom. The van der Waals surface area contributed by atoms with Gasteiger partial charge >= 0.3 is 0 Å².